The topological polar surface area (TPSA) is 61.3 Å². The molecule has 0 amide bonds. The third-order valence-electron chi connectivity index (χ3n) is 2.52. The Labute approximate surface area is 117 Å². The smallest absolute Gasteiger partial charge is 0.310 e. The Morgan fingerprint density at radius 3 is 2.60 bits per heavy atom. The van der Waals surface area contributed by atoms with Crippen molar-refractivity contribution < 1.29 is 14.3 Å². The Balaban J connectivity index is 1.74. The molecular weight excluding hydrogens is 256 g/mol. The minimum absolute atomic E-state index is 0.163. The van der Waals surface area contributed by atoms with E-state index in [1.165, 1.54) is 6.33 Å². The number of para-hydroxylation sites is 1. The molecule has 0 N–H and O–H groups in total. The van der Waals surface area contributed by atoms with Crippen LogP contribution in [0.15, 0.2) is 49.1 Å². The quantitative estimate of drug-likeness (QED) is 0.753. The zero-order valence-corrected chi connectivity index (χ0v) is 11.2. The first-order chi connectivity index (χ1) is 9.74. The van der Waals surface area contributed by atoms with Crippen molar-refractivity contribution in [1.82, 2.24) is 9.97 Å². The van der Waals surface area contributed by atoms with Crippen molar-refractivity contribution in [2.45, 2.75) is 19.4 Å². The van der Waals surface area contributed by atoms with Gasteiger partial charge < -0.3 is 9.47 Å². The first-order valence-corrected chi connectivity index (χ1v) is 6.35. The third kappa shape index (κ3) is 4.68. The van der Waals surface area contributed by atoms with E-state index < -0.39 is 0 Å². The standard InChI is InChI=1S/C15H16N2O3/c1-12(10-19-14-5-3-2-4-6-14)20-15(18)7-13-8-16-11-17-9-13/h2-6,8-9,11-12H,7,10H2,1H3/t12-/m1/s1. The van der Waals surface area contributed by atoms with Crippen LogP contribution in [-0.4, -0.2) is 28.6 Å². The Kier molecular flexibility index (Phi) is 5.06. The third-order valence-corrected chi connectivity index (χ3v) is 2.52. The molecule has 2 aromatic rings. The van der Waals surface area contributed by atoms with E-state index in [0.717, 1.165) is 11.3 Å². The molecule has 0 spiro atoms. The zero-order valence-electron chi connectivity index (χ0n) is 11.2. The van der Waals surface area contributed by atoms with E-state index in [1.54, 1.807) is 19.3 Å². The van der Waals surface area contributed by atoms with Crippen LogP contribution in [0.1, 0.15) is 12.5 Å². The van der Waals surface area contributed by atoms with Crippen molar-refractivity contribution in [3.8, 4) is 5.75 Å². The fourth-order valence-corrected chi connectivity index (χ4v) is 1.62. The van der Waals surface area contributed by atoms with Gasteiger partial charge in [-0.1, -0.05) is 18.2 Å². The Bertz CT molecular complexity index is 531. The van der Waals surface area contributed by atoms with Gasteiger partial charge in [0.1, 0.15) is 24.8 Å². The lowest BCUT2D eigenvalue weighted by molar-refractivity contribution is -0.148. The summed E-state index contributed by atoms with van der Waals surface area (Å²) in [6.45, 7) is 2.11. The highest BCUT2D eigenvalue weighted by molar-refractivity contribution is 5.72. The minimum Gasteiger partial charge on any atom is -0.490 e. The van der Waals surface area contributed by atoms with Crippen molar-refractivity contribution >= 4 is 5.97 Å². The molecule has 0 aliphatic carbocycles. The summed E-state index contributed by atoms with van der Waals surface area (Å²) in [6, 6.07) is 9.41. The maximum Gasteiger partial charge on any atom is 0.310 e. The van der Waals surface area contributed by atoms with E-state index >= 15 is 0 Å². The van der Waals surface area contributed by atoms with E-state index in [0.29, 0.717) is 6.61 Å². The molecule has 0 aliphatic heterocycles. The molecule has 0 unspecified atom stereocenters. The molecule has 0 bridgehead atoms. The second kappa shape index (κ2) is 7.23. The van der Waals surface area contributed by atoms with E-state index in [-0.39, 0.29) is 18.5 Å². The molecule has 5 nitrogen and oxygen atoms in total. The summed E-state index contributed by atoms with van der Waals surface area (Å²) in [7, 11) is 0. The van der Waals surface area contributed by atoms with E-state index in [4.69, 9.17) is 9.47 Å². The number of rotatable bonds is 6. The monoisotopic (exact) mass is 272 g/mol. The highest BCUT2D eigenvalue weighted by Gasteiger charge is 2.11. The SMILES string of the molecule is C[C@H](COc1ccccc1)OC(=O)Cc1cncnc1. The minimum atomic E-state index is -0.316. The van der Waals surface area contributed by atoms with Crippen LogP contribution in [0.2, 0.25) is 0 Å². The van der Waals surface area contributed by atoms with Gasteiger partial charge in [0.05, 0.1) is 6.42 Å². The molecule has 1 aromatic carbocycles. The molecule has 0 aliphatic rings. The van der Waals surface area contributed by atoms with Crippen molar-refractivity contribution in [1.29, 1.82) is 0 Å². The number of nitrogens with zero attached hydrogens (tertiary/aromatic N) is 2. The first-order valence-electron chi connectivity index (χ1n) is 6.35. The van der Waals surface area contributed by atoms with E-state index in [1.807, 2.05) is 30.3 Å². The van der Waals surface area contributed by atoms with Crippen LogP contribution in [0, 0.1) is 0 Å². The highest BCUT2D eigenvalue weighted by atomic mass is 16.6. The molecule has 1 aromatic heterocycles. The summed E-state index contributed by atoms with van der Waals surface area (Å²) in [5, 5.41) is 0. The summed E-state index contributed by atoms with van der Waals surface area (Å²) in [4.78, 5) is 19.4. The summed E-state index contributed by atoms with van der Waals surface area (Å²) < 4.78 is 10.8. The lowest BCUT2D eigenvalue weighted by Gasteiger charge is -2.14. The van der Waals surface area contributed by atoms with Crippen LogP contribution in [-0.2, 0) is 16.0 Å². The van der Waals surface area contributed by atoms with Crippen LogP contribution in [0.3, 0.4) is 0 Å². The maximum atomic E-state index is 11.7. The van der Waals surface area contributed by atoms with Gasteiger partial charge in [0.15, 0.2) is 0 Å². The maximum absolute atomic E-state index is 11.7. The van der Waals surface area contributed by atoms with Gasteiger partial charge in [0, 0.05) is 12.4 Å². The van der Waals surface area contributed by atoms with Gasteiger partial charge in [0.25, 0.3) is 0 Å². The number of ether oxygens (including phenoxy) is 2. The second-order valence-electron chi connectivity index (χ2n) is 4.35. The Hall–Kier alpha value is -2.43. The number of aromatic nitrogens is 2. The molecular formula is C15H16N2O3. The summed E-state index contributed by atoms with van der Waals surface area (Å²) >= 11 is 0. The van der Waals surface area contributed by atoms with Gasteiger partial charge in [-0.25, -0.2) is 9.97 Å². The number of carbonyl (C=O) groups excluding carboxylic acids is 1. The fourth-order valence-electron chi connectivity index (χ4n) is 1.62. The predicted molar refractivity (Wildman–Crippen MR) is 73.2 cm³/mol. The molecule has 104 valence electrons. The lowest BCUT2D eigenvalue weighted by Crippen LogP contribution is -2.23. The van der Waals surface area contributed by atoms with Gasteiger partial charge in [-0.15, -0.1) is 0 Å². The summed E-state index contributed by atoms with van der Waals surface area (Å²) in [5.41, 5.74) is 0.730. The van der Waals surface area contributed by atoms with Gasteiger partial charge >= 0.3 is 5.97 Å². The molecule has 1 heterocycles. The second-order valence-corrected chi connectivity index (χ2v) is 4.35. The largest absolute Gasteiger partial charge is 0.490 e. The van der Waals surface area contributed by atoms with Crippen LogP contribution in [0.25, 0.3) is 0 Å². The van der Waals surface area contributed by atoms with Crippen LogP contribution >= 0.6 is 0 Å². The molecule has 0 saturated carbocycles. The summed E-state index contributed by atoms with van der Waals surface area (Å²) in [6.07, 6.45) is 4.47. The first kappa shape index (κ1) is 14.0. The Morgan fingerprint density at radius 2 is 1.90 bits per heavy atom. The van der Waals surface area contributed by atoms with Gasteiger partial charge in [0.2, 0.25) is 0 Å². The van der Waals surface area contributed by atoms with E-state index in [2.05, 4.69) is 9.97 Å². The number of hydrogen-bond acceptors (Lipinski definition) is 5. The van der Waals surface area contributed by atoms with Gasteiger partial charge in [-0.3, -0.25) is 4.79 Å². The average molecular weight is 272 g/mol. The van der Waals surface area contributed by atoms with Crippen molar-refractivity contribution in [3.63, 3.8) is 0 Å². The number of esters is 1. The zero-order chi connectivity index (χ0) is 14.2. The number of hydrogen-bond donors (Lipinski definition) is 0. The lowest BCUT2D eigenvalue weighted by atomic mass is 10.2. The fraction of sp³-hybridized carbons (Fsp3) is 0.267. The molecule has 0 fully saturated rings. The van der Waals surface area contributed by atoms with Gasteiger partial charge in [-0.05, 0) is 24.6 Å². The number of carbonyl (C=O) groups is 1. The molecule has 1 atom stereocenters. The predicted octanol–water partition coefficient (Wildman–Crippen LogP) is 2.03. The van der Waals surface area contributed by atoms with Crippen molar-refractivity contribution in [3.05, 3.63) is 54.6 Å². The molecule has 2 rings (SSSR count). The normalized spacial score (nSPS) is 11.7. The molecule has 0 radical (unpaired) electrons. The van der Waals surface area contributed by atoms with Crippen LogP contribution in [0.4, 0.5) is 0 Å². The molecule has 0 saturated heterocycles. The van der Waals surface area contributed by atoms with Gasteiger partial charge in [-0.2, -0.15) is 0 Å². The highest BCUT2D eigenvalue weighted by Crippen LogP contribution is 2.09. The van der Waals surface area contributed by atoms with Crippen LogP contribution < -0.4 is 4.74 Å². The summed E-state index contributed by atoms with van der Waals surface area (Å²) in [5.74, 6) is 0.441. The van der Waals surface area contributed by atoms with Crippen molar-refractivity contribution in [2.24, 2.45) is 0 Å². The van der Waals surface area contributed by atoms with Crippen molar-refractivity contribution in [2.75, 3.05) is 6.61 Å². The molecule has 20 heavy (non-hydrogen) atoms. The average Bonchev–Trinajstić information content (AvgIpc) is 2.47. The van der Waals surface area contributed by atoms with E-state index in [9.17, 15) is 4.79 Å². The van der Waals surface area contributed by atoms with Crippen LogP contribution in [0.5, 0.6) is 5.75 Å². The number of benzene rings is 1. The Morgan fingerprint density at radius 1 is 1.20 bits per heavy atom. The molecule has 5 heteroatoms.